The highest BCUT2D eigenvalue weighted by molar-refractivity contribution is 6.33. The van der Waals surface area contributed by atoms with Crippen LogP contribution < -0.4 is 5.32 Å². The minimum atomic E-state index is -0.0810. The van der Waals surface area contributed by atoms with Gasteiger partial charge in [-0.15, -0.1) is 0 Å². The Hall–Kier alpha value is -1.85. The number of aryl methyl sites for hydroxylation is 1. The number of halogens is 1. The zero-order chi connectivity index (χ0) is 14.8. The van der Waals surface area contributed by atoms with Gasteiger partial charge < -0.3 is 14.8 Å². The van der Waals surface area contributed by atoms with E-state index in [2.05, 4.69) is 10.3 Å². The molecule has 0 bridgehead atoms. The number of carbonyl (C=O) groups is 1. The van der Waals surface area contributed by atoms with Crippen LogP contribution in [0.2, 0.25) is 5.02 Å². The molecule has 1 atom stereocenters. The average molecular weight is 305 g/mol. The first-order valence-corrected chi connectivity index (χ1v) is 7.29. The van der Waals surface area contributed by atoms with E-state index in [4.69, 9.17) is 11.6 Å². The highest BCUT2D eigenvalue weighted by Gasteiger charge is 2.31. The molecule has 1 aliphatic rings. The van der Waals surface area contributed by atoms with Crippen LogP contribution in [0, 0.1) is 0 Å². The molecule has 0 saturated carbocycles. The standard InChI is InChI=1S/C15H17ClN4O/c1-19-8-7-18-14(19)13-10-17-6-9-20(13)15(21)11-4-2-3-5-12(11)16/h2-5,7-8,13,17H,6,9-10H2,1H3. The van der Waals surface area contributed by atoms with Gasteiger partial charge in [-0.1, -0.05) is 23.7 Å². The van der Waals surface area contributed by atoms with Gasteiger partial charge in [0.15, 0.2) is 0 Å². The Bertz CT molecular complexity index is 655. The average Bonchev–Trinajstić information content (AvgIpc) is 2.93. The van der Waals surface area contributed by atoms with Gasteiger partial charge in [-0.2, -0.15) is 0 Å². The molecule has 1 aromatic heterocycles. The van der Waals surface area contributed by atoms with Crippen molar-refractivity contribution in [1.29, 1.82) is 0 Å². The summed E-state index contributed by atoms with van der Waals surface area (Å²) in [5.41, 5.74) is 0.542. The molecule has 1 aliphatic heterocycles. The van der Waals surface area contributed by atoms with Crippen molar-refractivity contribution >= 4 is 17.5 Å². The lowest BCUT2D eigenvalue weighted by Gasteiger charge is -2.36. The third kappa shape index (κ3) is 2.66. The third-order valence-electron chi connectivity index (χ3n) is 3.77. The minimum Gasteiger partial charge on any atom is -0.336 e. The van der Waals surface area contributed by atoms with Crippen LogP contribution in [0.4, 0.5) is 0 Å². The maximum absolute atomic E-state index is 12.8. The number of nitrogens with one attached hydrogen (secondary N) is 1. The summed E-state index contributed by atoms with van der Waals surface area (Å²) in [4.78, 5) is 19.0. The molecule has 0 aliphatic carbocycles. The number of amides is 1. The summed E-state index contributed by atoms with van der Waals surface area (Å²) in [5, 5.41) is 3.81. The molecule has 1 N–H and O–H groups in total. The van der Waals surface area contributed by atoms with Crippen LogP contribution in [-0.2, 0) is 7.05 Å². The Morgan fingerprint density at radius 1 is 1.43 bits per heavy atom. The number of hydrogen-bond donors (Lipinski definition) is 1. The molecule has 1 saturated heterocycles. The van der Waals surface area contributed by atoms with Crippen LogP contribution in [0.15, 0.2) is 36.7 Å². The second-order valence-corrected chi connectivity index (χ2v) is 5.50. The van der Waals surface area contributed by atoms with E-state index < -0.39 is 0 Å². The van der Waals surface area contributed by atoms with Crippen LogP contribution in [0.25, 0.3) is 0 Å². The Kier molecular flexibility index (Phi) is 3.94. The van der Waals surface area contributed by atoms with Crippen LogP contribution >= 0.6 is 11.6 Å². The number of hydrogen-bond acceptors (Lipinski definition) is 3. The molecule has 1 amide bonds. The van der Waals surface area contributed by atoms with E-state index >= 15 is 0 Å². The van der Waals surface area contributed by atoms with Crippen molar-refractivity contribution in [1.82, 2.24) is 19.8 Å². The van der Waals surface area contributed by atoms with E-state index in [0.29, 0.717) is 23.7 Å². The van der Waals surface area contributed by atoms with Crippen LogP contribution in [0.5, 0.6) is 0 Å². The second kappa shape index (κ2) is 5.87. The molecule has 5 nitrogen and oxygen atoms in total. The first-order valence-electron chi connectivity index (χ1n) is 6.92. The fourth-order valence-electron chi connectivity index (χ4n) is 2.67. The van der Waals surface area contributed by atoms with Gasteiger partial charge in [0, 0.05) is 39.1 Å². The predicted molar refractivity (Wildman–Crippen MR) is 81.3 cm³/mol. The zero-order valence-corrected chi connectivity index (χ0v) is 12.5. The Morgan fingerprint density at radius 2 is 2.24 bits per heavy atom. The zero-order valence-electron chi connectivity index (χ0n) is 11.8. The van der Waals surface area contributed by atoms with E-state index in [1.807, 2.05) is 34.8 Å². The number of benzene rings is 1. The molecule has 0 spiro atoms. The monoisotopic (exact) mass is 304 g/mol. The molecule has 110 valence electrons. The van der Waals surface area contributed by atoms with E-state index in [1.54, 1.807) is 18.3 Å². The molecule has 1 aromatic carbocycles. The summed E-state index contributed by atoms with van der Waals surface area (Å²) >= 11 is 6.16. The van der Waals surface area contributed by atoms with E-state index in [-0.39, 0.29) is 11.9 Å². The van der Waals surface area contributed by atoms with Gasteiger partial charge in [0.1, 0.15) is 11.9 Å². The first kappa shape index (κ1) is 14.1. The van der Waals surface area contributed by atoms with Gasteiger partial charge in [0.25, 0.3) is 5.91 Å². The molecule has 2 aromatic rings. The molecule has 3 rings (SSSR count). The fraction of sp³-hybridized carbons (Fsp3) is 0.333. The topological polar surface area (TPSA) is 50.2 Å². The number of imidazole rings is 1. The lowest BCUT2D eigenvalue weighted by atomic mass is 10.1. The molecular formula is C15H17ClN4O. The lowest BCUT2D eigenvalue weighted by molar-refractivity contribution is 0.0621. The Balaban J connectivity index is 1.93. The normalized spacial score (nSPS) is 18.8. The fourth-order valence-corrected chi connectivity index (χ4v) is 2.88. The summed E-state index contributed by atoms with van der Waals surface area (Å²) in [6.45, 7) is 2.11. The van der Waals surface area contributed by atoms with Gasteiger partial charge in [0.05, 0.1) is 10.6 Å². The van der Waals surface area contributed by atoms with Gasteiger partial charge in [0.2, 0.25) is 0 Å². The van der Waals surface area contributed by atoms with Crippen molar-refractivity contribution in [3.05, 3.63) is 53.1 Å². The lowest BCUT2D eigenvalue weighted by Crippen LogP contribution is -2.49. The molecule has 1 unspecified atom stereocenters. The third-order valence-corrected chi connectivity index (χ3v) is 4.09. The maximum atomic E-state index is 12.8. The second-order valence-electron chi connectivity index (χ2n) is 5.09. The smallest absolute Gasteiger partial charge is 0.256 e. The van der Waals surface area contributed by atoms with Crippen molar-refractivity contribution in [2.75, 3.05) is 19.6 Å². The van der Waals surface area contributed by atoms with Crippen LogP contribution in [0.3, 0.4) is 0 Å². The van der Waals surface area contributed by atoms with Gasteiger partial charge in [-0.3, -0.25) is 4.79 Å². The van der Waals surface area contributed by atoms with Crippen molar-refractivity contribution in [3.8, 4) is 0 Å². The highest BCUT2D eigenvalue weighted by Crippen LogP contribution is 2.25. The number of aromatic nitrogens is 2. The molecule has 6 heteroatoms. The molecule has 21 heavy (non-hydrogen) atoms. The van der Waals surface area contributed by atoms with Gasteiger partial charge >= 0.3 is 0 Å². The quantitative estimate of drug-likeness (QED) is 0.921. The van der Waals surface area contributed by atoms with E-state index in [9.17, 15) is 4.79 Å². The number of rotatable bonds is 2. The van der Waals surface area contributed by atoms with E-state index in [1.165, 1.54) is 0 Å². The molecule has 0 radical (unpaired) electrons. The number of piperazine rings is 1. The van der Waals surface area contributed by atoms with Gasteiger partial charge in [-0.25, -0.2) is 4.98 Å². The van der Waals surface area contributed by atoms with E-state index in [0.717, 1.165) is 12.4 Å². The van der Waals surface area contributed by atoms with Crippen LogP contribution in [0.1, 0.15) is 22.2 Å². The number of nitrogens with zero attached hydrogens (tertiary/aromatic N) is 3. The van der Waals surface area contributed by atoms with Crippen LogP contribution in [-0.4, -0.2) is 40.0 Å². The summed E-state index contributed by atoms with van der Waals surface area (Å²) in [6.07, 6.45) is 3.64. The molecule has 2 heterocycles. The summed E-state index contributed by atoms with van der Waals surface area (Å²) < 4.78 is 1.95. The predicted octanol–water partition coefficient (Wildman–Crippen LogP) is 1.86. The Morgan fingerprint density at radius 3 is 2.95 bits per heavy atom. The SMILES string of the molecule is Cn1ccnc1C1CNCCN1C(=O)c1ccccc1Cl. The molecule has 1 fully saturated rings. The minimum absolute atomic E-state index is 0.0462. The van der Waals surface area contributed by atoms with Crippen molar-refractivity contribution in [2.24, 2.45) is 7.05 Å². The summed E-state index contributed by atoms with van der Waals surface area (Å²) in [6, 6.07) is 7.08. The van der Waals surface area contributed by atoms with Gasteiger partial charge in [-0.05, 0) is 12.1 Å². The maximum Gasteiger partial charge on any atom is 0.256 e. The summed E-state index contributed by atoms with van der Waals surface area (Å²) in [7, 11) is 1.94. The Labute approximate surface area is 128 Å². The highest BCUT2D eigenvalue weighted by atomic mass is 35.5. The van der Waals surface area contributed by atoms with Crippen molar-refractivity contribution < 1.29 is 4.79 Å². The van der Waals surface area contributed by atoms with Crippen molar-refractivity contribution in [3.63, 3.8) is 0 Å². The molecular weight excluding hydrogens is 288 g/mol. The summed E-state index contributed by atoms with van der Waals surface area (Å²) in [5.74, 6) is 0.831. The van der Waals surface area contributed by atoms with Crippen molar-refractivity contribution in [2.45, 2.75) is 6.04 Å². The first-order chi connectivity index (χ1) is 10.2. The largest absolute Gasteiger partial charge is 0.336 e. The number of carbonyl (C=O) groups excluding carboxylic acids is 1.